The predicted molar refractivity (Wildman–Crippen MR) is 101 cm³/mol. The van der Waals surface area contributed by atoms with Crippen molar-refractivity contribution in [1.82, 2.24) is 20.0 Å². The zero-order chi connectivity index (χ0) is 18.8. The second-order valence-corrected chi connectivity index (χ2v) is 7.99. The van der Waals surface area contributed by atoms with Crippen LogP contribution in [0.1, 0.15) is 75.0 Å². The first-order valence-electron chi connectivity index (χ1n) is 10.0. The molecule has 3 rings (SSSR count). The Hall–Kier alpha value is -1.85. The molecule has 1 atom stereocenters. The molecule has 1 aromatic rings. The van der Waals surface area contributed by atoms with Gasteiger partial charge in [-0.3, -0.25) is 14.3 Å². The van der Waals surface area contributed by atoms with Crippen LogP contribution >= 0.6 is 0 Å². The lowest BCUT2D eigenvalue weighted by molar-refractivity contribution is -0.120. The second kappa shape index (κ2) is 7.80. The Bertz CT molecular complexity index is 659. The number of hydrogen-bond donors (Lipinski definition) is 1. The van der Waals surface area contributed by atoms with Crippen molar-refractivity contribution in [3.8, 4) is 0 Å². The van der Waals surface area contributed by atoms with Crippen LogP contribution in [0.5, 0.6) is 0 Å². The summed E-state index contributed by atoms with van der Waals surface area (Å²) in [5, 5.41) is 7.49. The van der Waals surface area contributed by atoms with Gasteiger partial charge in [0.05, 0.1) is 17.8 Å². The van der Waals surface area contributed by atoms with Crippen LogP contribution in [-0.2, 0) is 4.79 Å². The molecule has 2 aliphatic rings. The molecule has 1 unspecified atom stereocenters. The maximum absolute atomic E-state index is 13.0. The third-order valence-corrected chi connectivity index (χ3v) is 6.32. The maximum Gasteiger partial charge on any atom is 0.257 e. The van der Waals surface area contributed by atoms with Crippen molar-refractivity contribution in [3.63, 3.8) is 0 Å². The molecule has 2 fully saturated rings. The van der Waals surface area contributed by atoms with Crippen molar-refractivity contribution in [2.45, 2.75) is 71.9 Å². The largest absolute Gasteiger partial charge is 0.354 e. The molecule has 1 aromatic heterocycles. The number of likely N-dealkylation sites (tertiary alicyclic amines) is 1. The number of hydrogen-bond acceptors (Lipinski definition) is 3. The minimum atomic E-state index is 0.0571. The Morgan fingerprint density at radius 2 is 1.96 bits per heavy atom. The highest BCUT2D eigenvalue weighted by Gasteiger charge is 2.40. The summed E-state index contributed by atoms with van der Waals surface area (Å²) in [7, 11) is 0. The number of nitrogens with zero attached hydrogens (tertiary/aromatic N) is 3. The van der Waals surface area contributed by atoms with Crippen molar-refractivity contribution in [1.29, 1.82) is 0 Å². The molecule has 1 saturated heterocycles. The van der Waals surface area contributed by atoms with Crippen LogP contribution < -0.4 is 5.32 Å². The van der Waals surface area contributed by atoms with Crippen molar-refractivity contribution in [2.24, 2.45) is 11.8 Å². The summed E-state index contributed by atoms with van der Waals surface area (Å²) in [5.41, 5.74) is 1.74. The summed E-state index contributed by atoms with van der Waals surface area (Å²) < 4.78 is 2.02. The molecule has 0 aromatic carbocycles. The monoisotopic (exact) mass is 360 g/mol. The summed E-state index contributed by atoms with van der Waals surface area (Å²) >= 11 is 0. The highest BCUT2D eigenvalue weighted by molar-refractivity contribution is 5.95. The minimum Gasteiger partial charge on any atom is -0.354 e. The molecule has 2 amide bonds. The molecular weight excluding hydrogens is 328 g/mol. The Morgan fingerprint density at radius 3 is 2.58 bits per heavy atom. The molecule has 0 radical (unpaired) electrons. The lowest BCUT2D eigenvalue weighted by atomic mass is 9.72. The van der Waals surface area contributed by atoms with Crippen molar-refractivity contribution >= 4 is 11.8 Å². The van der Waals surface area contributed by atoms with Crippen LogP contribution in [0, 0.1) is 18.8 Å². The van der Waals surface area contributed by atoms with E-state index < -0.39 is 0 Å². The molecule has 0 spiro atoms. The van der Waals surface area contributed by atoms with Gasteiger partial charge < -0.3 is 10.2 Å². The van der Waals surface area contributed by atoms with E-state index in [1.165, 1.54) is 0 Å². The lowest BCUT2D eigenvalue weighted by Crippen LogP contribution is -2.46. The van der Waals surface area contributed by atoms with Crippen molar-refractivity contribution in [3.05, 3.63) is 17.5 Å². The van der Waals surface area contributed by atoms with E-state index in [0.29, 0.717) is 23.9 Å². The normalized spacial score (nSPS) is 25.4. The number of carbonyl (C=O) groups excluding carboxylic acids is 2. The Morgan fingerprint density at radius 1 is 1.27 bits per heavy atom. The first kappa shape index (κ1) is 18.9. The highest BCUT2D eigenvalue weighted by atomic mass is 16.2. The van der Waals surface area contributed by atoms with E-state index in [-0.39, 0.29) is 11.8 Å². The van der Waals surface area contributed by atoms with Crippen molar-refractivity contribution in [2.75, 3.05) is 13.1 Å². The first-order chi connectivity index (χ1) is 12.4. The molecule has 26 heavy (non-hydrogen) atoms. The van der Waals surface area contributed by atoms with Crippen LogP contribution in [0.2, 0.25) is 0 Å². The van der Waals surface area contributed by atoms with Crippen LogP contribution in [-0.4, -0.2) is 45.6 Å². The van der Waals surface area contributed by atoms with Gasteiger partial charge in [0.25, 0.3) is 5.91 Å². The molecule has 0 bridgehead atoms. The van der Waals surface area contributed by atoms with Crippen LogP contribution in [0.15, 0.2) is 6.20 Å². The third-order valence-electron chi connectivity index (χ3n) is 6.32. The van der Waals surface area contributed by atoms with Gasteiger partial charge in [-0.1, -0.05) is 13.8 Å². The van der Waals surface area contributed by atoms with Gasteiger partial charge in [-0.15, -0.1) is 0 Å². The summed E-state index contributed by atoms with van der Waals surface area (Å²) in [5.74, 6) is 1.39. The van der Waals surface area contributed by atoms with Gasteiger partial charge in [-0.25, -0.2) is 0 Å². The fourth-order valence-corrected chi connectivity index (χ4v) is 4.61. The third kappa shape index (κ3) is 3.64. The number of carbonyl (C=O) groups is 2. The number of amides is 2. The van der Waals surface area contributed by atoms with Gasteiger partial charge in [0.15, 0.2) is 0 Å². The van der Waals surface area contributed by atoms with Gasteiger partial charge in [0.1, 0.15) is 0 Å². The van der Waals surface area contributed by atoms with Gasteiger partial charge in [-0.05, 0) is 50.9 Å². The zero-order valence-corrected chi connectivity index (χ0v) is 16.5. The van der Waals surface area contributed by atoms with Gasteiger partial charge in [0, 0.05) is 31.7 Å². The van der Waals surface area contributed by atoms with Crippen molar-refractivity contribution < 1.29 is 9.59 Å². The minimum absolute atomic E-state index is 0.0571. The fraction of sp³-hybridized carbons (Fsp3) is 0.750. The van der Waals surface area contributed by atoms with Gasteiger partial charge >= 0.3 is 0 Å². The number of rotatable bonds is 6. The first-order valence-corrected chi connectivity index (χ1v) is 10.0. The molecule has 1 aliphatic carbocycles. The van der Waals surface area contributed by atoms with Gasteiger partial charge in [0.2, 0.25) is 5.91 Å². The summed E-state index contributed by atoms with van der Waals surface area (Å²) in [6, 6.07) is 0.700. The highest BCUT2D eigenvalue weighted by Crippen LogP contribution is 2.39. The van der Waals surface area contributed by atoms with Crippen LogP contribution in [0.3, 0.4) is 0 Å². The van der Waals surface area contributed by atoms with E-state index in [0.717, 1.165) is 56.5 Å². The second-order valence-electron chi connectivity index (χ2n) is 7.99. The molecule has 2 heterocycles. The Balaban J connectivity index is 1.58. The zero-order valence-electron chi connectivity index (χ0n) is 16.5. The SMILES string of the molecule is CCC(CC)n1ncc(C(=O)N2CCC(C3CC(NC(C)=O)C3)C2)c1C. The molecule has 1 N–H and O–H groups in total. The molecule has 6 heteroatoms. The standard InChI is InChI=1S/C20H32N4O2/c1-5-18(6-2)24-13(3)19(11-21-24)20(26)23-8-7-15(12-23)16-9-17(10-16)22-14(4)25/h11,15-18H,5-10,12H2,1-4H3,(H,22,25). The molecule has 1 saturated carbocycles. The molecule has 144 valence electrons. The molecular formula is C20H32N4O2. The van der Waals surface area contributed by atoms with E-state index in [1.54, 1.807) is 13.1 Å². The van der Waals surface area contributed by atoms with Gasteiger partial charge in [-0.2, -0.15) is 5.10 Å². The maximum atomic E-state index is 13.0. The topological polar surface area (TPSA) is 67.2 Å². The quantitative estimate of drug-likeness (QED) is 0.848. The molecule has 6 nitrogen and oxygen atoms in total. The number of nitrogens with one attached hydrogen (secondary N) is 1. The van der Waals surface area contributed by atoms with E-state index in [9.17, 15) is 9.59 Å². The Labute approximate surface area is 156 Å². The summed E-state index contributed by atoms with van der Waals surface area (Å²) in [6.45, 7) is 9.58. The predicted octanol–water partition coefficient (Wildman–Crippen LogP) is 2.93. The molecule has 1 aliphatic heterocycles. The average Bonchev–Trinajstić information content (AvgIpc) is 3.19. The Kier molecular flexibility index (Phi) is 5.68. The lowest BCUT2D eigenvalue weighted by Gasteiger charge is -2.39. The van der Waals surface area contributed by atoms with E-state index in [4.69, 9.17) is 0 Å². The van der Waals surface area contributed by atoms with Crippen LogP contribution in [0.4, 0.5) is 0 Å². The fourth-order valence-electron chi connectivity index (χ4n) is 4.61. The summed E-state index contributed by atoms with van der Waals surface area (Å²) in [4.78, 5) is 26.1. The average molecular weight is 361 g/mol. The van der Waals surface area contributed by atoms with E-state index in [2.05, 4.69) is 24.3 Å². The smallest absolute Gasteiger partial charge is 0.257 e. The van der Waals surface area contributed by atoms with E-state index in [1.807, 2.05) is 16.5 Å². The number of aromatic nitrogens is 2. The van der Waals surface area contributed by atoms with Crippen LogP contribution in [0.25, 0.3) is 0 Å². The summed E-state index contributed by atoms with van der Waals surface area (Å²) in [6.07, 6.45) is 6.98. The van der Waals surface area contributed by atoms with E-state index >= 15 is 0 Å².